The maximum Gasteiger partial charge on any atom is 0.252 e. The van der Waals surface area contributed by atoms with E-state index in [4.69, 9.17) is 15.7 Å². The minimum atomic E-state index is -0.503. The summed E-state index contributed by atoms with van der Waals surface area (Å²) in [5.74, 6) is 0.956. The molecule has 1 aliphatic heterocycles. The van der Waals surface area contributed by atoms with Crippen LogP contribution in [-0.4, -0.2) is 43.8 Å². The molecule has 3 N–H and O–H groups in total. The predicted octanol–water partition coefficient (Wildman–Crippen LogP) is 3.25. The second-order valence-electron chi connectivity index (χ2n) is 8.12. The van der Waals surface area contributed by atoms with Crippen LogP contribution in [0.4, 0.5) is 5.82 Å². The molecule has 0 bridgehead atoms. The Balaban J connectivity index is 1.66. The van der Waals surface area contributed by atoms with Crippen molar-refractivity contribution in [2.45, 2.75) is 32.9 Å². The fraction of sp³-hybridized carbons (Fsp3) is 0.304. The number of amides is 1. The molecule has 164 valence electrons. The molecular weight excluding hydrogens is 422 g/mol. The molecule has 0 atom stereocenters. The van der Waals surface area contributed by atoms with Crippen molar-refractivity contribution in [2.75, 3.05) is 18.9 Å². The van der Waals surface area contributed by atoms with Gasteiger partial charge in [0.1, 0.15) is 17.2 Å². The van der Waals surface area contributed by atoms with E-state index in [9.17, 15) is 4.79 Å². The lowest BCUT2D eigenvalue weighted by Gasteiger charge is -2.18. The van der Waals surface area contributed by atoms with E-state index >= 15 is 0 Å². The van der Waals surface area contributed by atoms with Gasteiger partial charge in [-0.25, -0.2) is 15.0 Å². The number of aromatic nitrogens is 4. The van der Waals surface area contributed by atoms with Gasteiger partial charge in [0, 0.05) is 23.2 Å². The summed E-state index contributed by atoms with van der Waals surface area (Å²) in [5.41, 5.74) is 10.2. The molecule has 5 heterocycles. The Morgan fingerprint density at radius 2 is 2.12 bits per heavy atom. The van der Waals surface area contributed by atoms with Crippen LogP contribution in [0.25, 0.3) is 17.2 Å². The van der Waals surface area contributed by atoms with Gasteiger partial charge in [-0.3, -0.25) is 9.20 Å². The number of hydrogen-bond donors (Lipinski definition) is 2. The van der Waals surface area contributed by atoms with Crippen LogP contribution in [0.5, 0.6) is 0 Å². The average molecular weight is 448 g/mol. The van der Waals surface area contributed by atoms with Crippen LogP contribution < -0.4 is 11.1 Å². The summed E-state index contributed by atoms with van der Waals surface area (Å²) < 4.78 is 1.86. The van der Waals surface area contributed by atoms with Gasteiger partial charge in [0.2, 0.25) is 0 Å². The SMILES string of the molecule is Cc1nc2c(C(N)=O)cccn2c1-c1nc2c(c(NCc3cccs3)n1)CN(C)CCC2. The van der Waals surface area contributed by atoms with Crippen LogP contribution in [0.1, 0.15) is 38.6 Å². The highest BCUT2D eigenvalue weighted by atomic mass is 32.1. The maximum absolute atomic E-state index is 11.9. The quantitative estimate of drug-likeness (QED) is 0.487. The number of pyridine rings is 1. The molecule has 0 aromatic carbocycles. The van der Waals surface area contributed by atoms with Gasteiger partial charge in [-0.1, -0.05) is 6.07 Å². The summed E-state index contributed by atoms with van der Waals surface area (Å²) in [6, 6.07) is 7.66. The van der Waals surface area contributed by atoms with E-state index in [1.807, 2.05) is 17.5 Å². The number of thiophene rings is 1. The third kappa shape index (κ3) is 3.74. The number of carbonyl (C=O) groups excluding carboxylic acids is 1. The Morgan fingerprint density at radius 1 is 1.25 bits per heavy atom. The van der Waals surface area contributed by atoms with Gasteiger partial charge in [-0.05, 0) is 56.9 Å². The van der Waals surface area contributed by atoms with E-state index in [-0.39, 0.29) is 0 Å². The zero-order valence-electron chi connectivity index (χ0n) is 18.1. The zero-order chi connectivity index (χ0) is 22.2. The lowest BCUT2D eigenvalue weighted by Crippen LogP contribution is -2.19. The van der Waals surface area contributed by atoms with Crippen molar-refractivity contribution >= 4 is 28.7 Å². The summed E-state index contributed by atoms with van der Waals surface area (Å²) in [6.45, 7) is 4.45. The normalized spacial score (nSPS) is 14.3. The van der Waals surface area contributed by atoms with Crippen molar-refractivity contribution in [2.24, 2.45) is 5.73 Å². The summed E-state index contributed by atoms with van der Waals surface area (Å²) in [7, 11) is 2.13. The van der Waals surface area contributed by atoms with Crippen LogP contribution in [-0.2, 0) is 19.5 Å². The summed E-state index contributed by atoms with van der Waals surface area (Å²) in [4.78, 5) is 30.0. The highest BCUT2D eigenvalue weighted by Crippen LogP contribution is 2.30. The van der Waals surface area contributed by atoms with Crippen LogP contribution in [0.3, 0.4) is 0 Å². The van der Waals surface area contributed by atoms with E-state index in [0.717, 1.165) is 54.4 Å². The van der Waals surface area contributed by atoms with Crippen LogP contribution in [0.2, 0.25) is 0 Å². The topological polar surface area (TPSA) is 101 Å². The van der Waals surface area contributed by atoms with Gasteiger partial charge in [-0.15, -0.1) is 11.3 Å². The number of fused-ring (bicyclic) bond motifs is 2. The minimum absolute atomic E-state index is 0.384. The number of anilines is 1. The molecule has 8 nitrogen and oxygen atoms in total. The number of nitrogens with zero attached hydrogens (tertiary/aromatic N) is 5. The minimum Gasteiger partial charge on any atom is -0.365 e. The monoisotopic (exact) mass is 447 g/mol. The first-order valence-electron chi connectivity index (χ1n) is 10.6. The summed E-state index contributed by atoms with van der Waals surface area (Å²) >= 11 is 1.72. The lowest BCUT2D eigenvalue weighted by molar-refractivity contribution is 0.100. The van der Waals surface area contributed by atoms with Crippen molar-refractivity contribution in [3.05, 3.63) is 63.2 Å². The molecular formula is C23H25N7OS. The molecule has 0 fully saturated rings. The second-order valence-corrected chi connectivity index (χ2v) is 9.15. The molecule has 0 spiro atoms. The molecule has 0 saturated heterocycles. The zero-order valence-corrected chi connectivity index (χ0v) is 18.9. The van der Waals surface area contributed by atoms with Crippen LogP contribution in [0.15, 0.2) is 35.8 Å². The van der Waals surface area contributed by atoms with Crippen molar-refractivity contribution in [1.82, 2.24) is 24.3 Å². The van der Waals surface area contributed by atoms with Crippen molar-refractivity contribution in [1.29, 1.82) is 0 Å². The molecule has 0 saturated carbocycles. The van der Waals surface area contributed by atoms with Gasteiger partial charge in [0.15, 0.2) is 5.82 Å². The molecule has 1 aliphatic rings. The van der Waals surface area contributed by atoms with Gasteiger partial charge >= 0.3 is 0 Å². The first-order valence-corrected chi connectivity index (χ1v) is 11.5. The molecule has 0 unspecified atom stereocenters. The van der Waals surface area contributed by atoms with Gasteiger partial charge in [0.05, 0.1) is 23.5 Å². The van der Waals surface area contributed by atoms with Crippen LogP contribution in [0, 0.1) is 6.92 Å². The standard InChI is InChI=1S/C23H25N7OS/c1-14-19(30-10-3-7-16(20(24)31)23(30)26-14)22-27-18-8-4-9-29(2)13-17(18)21(28-22)25-12-15-6-5-11-32-15/h3,5-7,10-11H,4,8-9,12-13H2,1-2H3,(H2,24,31)(H,25,27,28). The Bertz CT molecular complexity index is 1300. The highest BCUT2D eigenvalue weighted by molar-refractivity contribution is 7.09. The number of primary amides is 1. The molecule has 5 rings (SSSR count). The van der Waals surface area contributed by atoms with E-state index in [2.05, 4.69) is 39.8 Å². The highest BCUT2D eigenvalue weighted by Gasteiger charge is 2.23. The molecule has 32 heavy (non-hydrogen) atoms. The second kappa shape index (κ2) is 8.33. The molecule has 0 aliphatic carbocycles. The number of hydrogen-bond acceptors (Lipinski definition) is 7. The van der Waals surface area contributed by atoms with E-state index in [1.54, 1.807) is 23.5 Å². The van der Waals surface area contributed by atoms with Gasteiger partial charge in [0.25, 0.3) is 5.91 Å². The number of nitrogens with one attached hydrogen (secondary N) is 1. The van der Waals surface area contributed by atoms with Gasteiger partial charge in [-0.2, -0.15) is 0 Å². The Morgan fingerprint density at radius 3 is 2.91 bits per heavy atom. The number of nitrogens with two attached hydrogens (primary N) is 1. The smallest absolute Gasteiger partial charge is 0.252 e. The van der Waals surface area contributed by atoms with Crippen molar-refractivity contribution in [3.63, 3.8) is 0 Å². The van der Waals surface area contributed by atoms with Gasteiger partial charge < -0.3 is 16.0 Å². The molecule has 9 heteroatoms. The maximum atomic E-state index is 11.9. The molecule has 4 aromatic rings. The van der Waals surface area contributed by atoms with Crippen molar-refractivity contribution < 1.29 is 4.79 Å². The number of rotatable bonds is 5. The third-order valence-electron chi connectivity index (χ3n) is 5.79. The first kappa shape index (κ1) is 20.6. The third-order valence-corrected chi connectivity index (χ3v) is 6.66. The molecule has 0 radical (unpaired) electrons. The lowest BCUT2D eigenvalue weighted by atomic mass is 10.1. The molecule has 4 aromatic heterocycles. The largest absolute Gasteiger partial charge is 0.365 e. The Kier molecular flexibility index (Phi) is 5.36. The Hall–Kier alpha value is -3.30. The van der Waals surface area contributed by atoms with E-state index in [0.29, 0.717) is 23.6 Å². The number of imidazole rings is 1. The molecule has 1 amide bonds. The fourth-order valence-corrected chi connectivity index (χ4v) is 4.89. The van der Waals surface area contributed by atoms with E-state index < -0.39 is 5.91 Å². The average Bonchev–Trinajstić information content (AvgIpc) is 3.35. The summed E-state index contributed by atoms with van der Waals surface area (Å²) in [6.07, 6.45) is 3.81. The fourth-order valence-electron chi connectivity index (χ4n) is 4.25. The van der Waals surface area contributed by atoms with Crippen LogP contribution >= 0.6 is 11.3 Å². The first-order chi connectivity index (χ1) is 15.5. The van der Waals surface area contributed by atoms with Crippen molar-refractivity contribution in [3.8, 4) is 11.5 Å². The number of aryl methyl sites for hydroxylation is 2. The number of carbonyl (C=O) groups is 1. The summed E-state index contributed by atoms with van der Waals surface area (Å²) in [5, 5.41) is 5.63. The predicted molar refractivity (Wildman–Crippen MR) is 126 cm³/mol. The van der Waals surface area contributed by atoms with E-state index in [1.165, 1.54) is 4.88 Å². The Labute approximate surface area is 190 Å².